The number of anilines is 1. The predicted octanol–water partition coefficient (Wildman–Crippen LogP) is 3.93. The molecule has 122 valence electrons. The van der Waals surface area contributed by atoms with Crippen molar-refractivity contribution in [2.24, 2.45) is 0 Å². The van der Waals surface area contributed by atoms with Gasteiger partial charge in [-0.1, -0.05) is 30.3 Å². The molecule has 1 N–H and O–H groups in total. The van der Waals surface area contributed by atoms with Gasteiger partial charge in [-0.25, -0.2) is 4.79 Å². The molecule has 0 saturated heterocycles. The number of hydrogen-bond acceptors (Lipinski definition) is 5. The quantitative estimate of drug-likeness (QED) is 0.615. The van der Waals surface area contributed by atoms with Crippen molar-refractivity contribution in [1.82, 2.24) is 0 Å². The molecule has 0 fully saturated rings. The van der Waals surface area contributed by atoms with Gasteiger partial charge in [0.05, 0.1) is 6.61 Å². The summed E-state index contributed by atoms with van der Waals surface area (Å²) in [4.78, 5) is 14.8. The van der Waals surface area contributed by atoms with Gasteiger partial charge in [0.1, 0.15) is 6.61 Å². The second kappa shape index (κ2) is 9.22. The highest BCUT2D eigenvalue weighted by Crippen LogP contribution is 2.24. The lowest BCUT2D eigenvalue weighted by Gasteiger charge is -2.22. The summed E-state index contributed by atoms with van der Waals surface area (Å²) in [6.45, 7) is 3.87. The van der Waals surface area contributed by atoms with Crippen molar-refractivity contribution in [3.05, 3.63) is 60.2 Å². The number of benzene rings is 2. The van der Waals surface area contributed by atoms with Crippen LogP contribution in [0.2, 0.25) is 0 Å². The Hall–Kier alpha value is -1.98. The molecule has 2 rings (SSSR count). The molecule has 23 heavy (non-hydrogen) atoms. The molecule has 0 radical (unpaired) electrons. The van der Waals surface area contributed by atoms with Crippen LogP contribution >= 0.6 is 11.8 Å². The highest BCUT2D eigenvalue weighted by atomic mass is 32.2. The summed E-state index contributed by atoms with van der Waals surface area (Å²) >= 11 is 1.08. The minimum Gasteiger partial charge on any atom is -0.452 e. The van der Waals surface area contributed by atoms with Crippen LogP contribution in [-0.2, 0) is 11.3 Å². The van der Waals surface area contributed by atoms with Crippen LogP contribution in [0.5, 0.6) is 0 Å². The van der Waals surface area contributed by atoms with Crippen LogP contribution in [0.3, 0.4) is 0 Å². The first kappa shape index (κ1) is 17.4. The van der Waals surface area contributed by atoms with Crippen LogP contribution in [0.15, 0.2) is 59.5 Å². The van der Waals surface area contributed by atoms with Crippen molar-refractivity contribution in [2.75, 3.05) is 24.6 Å². The Morgan fingerprint density at radius 1 is 1.13 bits per heavy atom. The van der Waals surface area contributed by atoms with Gasteiger partial charge in [-0.2, -0.15) is 0 Å². The molecule has 5 heteroatoms. The molecule has 0 amide bonds. The number of thioether (sulfide) groups is 1. The number of ether oxygens (including phenoxy) is 1. The van der Waals surface area contributed by atoms with Gasteiger partial charge in [0.2, 0.25) is 0 Å². The van der Waals surface area contributed by atoms with Gasteiger partial charge in [-0.3, -0.25) is 0 Å². The van der Waals surface area contributed by atoms with Gasteiger partial charge in [-0.15, -0.1) is 0 Å². The highest BCUT2D eigenvalue weighted by molar-refractivity contribution is 8.13. The van der Waals surface area contributed by atoms with Crippen LogP contribution in [-0.4, -0.2) is 30.1 Å². The lowest BCUT2D eigenvalue weighted by Crippen LogP contribution is -2.25. The number of hydrogen-bond donors (Lipinski definition) is 1. The molecule has 0 spiro atoms. The van der Waals surface area contributed by atoms with E-state index in [2.05, 4.69) is 4.90 Å². The molecule has 0 aliphatic heterocycles. The number of aliphatic hydroxyl groups is 1. The maximum atomic E-state index is 11.9. The Kier molecular flexibility index (Phi) is 6.97. The van der Waals surface area contributed by atoms with E-state index in [1.165, 1.54) is 0 Å². The highest BCUT2D eigenvalue weighted by Gasteiger charge is 2.08. The molecular formula is C18H21NO3S. The third-order valence-corrected chi connectivity index (χ3v) is 4.15. The molecule has 0 bridgehead atoms. The minimum atomic E-state index is -0.315. The Balaban J connectivity index is 1.86. The van der Waals surface area contributed by atoms with E-state index in [0.717, 1.165) is 34.5 Å². The van der Waals surface area contributed by atoms with Crippen molar-refractivity contribution in [2.45, 2.75) is 18.4 Å². The summed E-state index contributed by atoms with van der Waals surface area (Å²) < 4.78 is 5.25. The molecular weight excluding hydrogens is 310 g/mol. The van der Waals surface area contributed by atoms with Crippen LogP contribution < -0.4 is 4.90 Å². The average Bonchev–Trinajstić information content (AvgIpc) is 2.60. The van der Waals surface area contributed by atoms with Gasteiger partial charge < -0.3 is 14.7 Å². The molecule has 4 nitrogen and oxygen atoms in total. The second-order valence-electron chi connectivity index (χ2n) is 4.92. The fourth-order valence-corrected chi connectivity index (χ4v) is 2.74. The molecule has 0 aliphatic rings. The zero-order valence-corrected chi connectivity index (χ0v) is 14.0. The van der Waals surface area contributed by atoms with Crippen molar-refractivity contribution in [3.8, 4) is 0 Å². The van der Waals surface area contributed by atoms with Crippen LogP contribution in [0.4, 0.5) is 10.5 Å². The molecule has 0 aliphatic carbocycles. The monoisotopic (exact) mass is 331 g/mol. The third kappa shape index (κ3) is 5.62. The largest absolute Gasteiger partial charge is 0.452 e. The van der Waals surface area contributed by atoms with Crippen molar-refractivity contribution >= 4 is 22.8 Å². The smallest absolute Gasteiger partial charge is 0.372 e. The summed E-state index contributed by atoms with van der Waals surface area (Å²) in [6.07, 6.45) is 0. The average molecular weight is 331 g/mol. The van der Waals surface area contributed by atoms with Crippen LogP contribution in [0.25, 0.3) is 0 Å². The molecule has 0 aromatic heterocycles. The van der Waals surface area contributed by atoms with E-state index in [0.29, 0.717) is 6.54 Å². The topological polar surface area (TPSA) is 49.8 Å². The lowest BCUT2D eigenvalue weighted by atomic mass is 10.2. The zero-order valence-electron chi connectivity index (χ0n) is 13.1. The molecule has 2 aromatic carbocycles. The number of nitrogens with zero attached hydrogens (tertiary/aromatic N) is 1. The molecule has 0 unspecified atom stereocenters. The van der Waals surface area contributed by atoms with Gasteiger partial charge in [0.15, 0.2) is 0 Å². The Labute approximate surface area is 141 Å². The fourth-order valence-electron chi connectivity index (χ4n) is 2.16. The molecule has 0 saturated carbocycles. The van der Waals surface area contributed by atoms with Gasteiger partial charge in [0.25, 0.3) is 0 Å². The van der Waals surface area contributed by atoms with E-state index in [1.54, 1.807) is 0 Å². The third-order valence-electron chi connectivity index (χ3n) is 3.35. The van der Waals surface area contributed by atoms with Gasteiger partial charge >= 0.3 is 5.30 Å². The summed E-state index contributed by atoms with van der Waals surface area (Å²) in [6, 6.07) is 17.3. The summed E-state index contributed by atoms with van der Waals surface area (Å²) in [5, 5.41) is 8.73. The zero-order chi connectivity index (χ0) is 16.5. The van der Waals surface area contributed by atoms with E-state index in [9.17, 15) is 4.79 Å². The Morgan fingerprint density at radius 2 is 1.83 bits per heavy atom. The van der Waals surface area contributed by atoms with Crippen LogP contribution in [0, 0.1) is 0 Å². The number of likely N-dealkylation sites (N-methyl/N-ethyl adjacent to an activating group) is 1. The van der Waals surface area contributed by atoms with E-state index >= 15 is 0 Å². The first-order chi connectivity index (χ1) is 11.2. The standard InChI is InChI=1S/C18H21NO3S/c1-2-19(12-13-20)16-8-10-17(11-9-16)23-18(21)22-14-15-6-4-3-5-7-15/h3-11,20H,2,12-14H2,1H3. The number of carbonyl (C=O) groups is 1. The second-order valence-corrected chi connectivity index (χ2v) is 5.93. The first-order valence-electron chi connectivity index (χ1n) is 7.57. The van der Waals surface area contributed by atoms with Gasteiger partial charge in [0, 0.05) is 23.7 Å². The van der Waals surface area contributed by atoms with Crippen LogP contribution in [0.1, 0.15) is 12.5 Å². The van der Waals surface area contributed by atoms with Crippen molar-refractivity contribution in [3.63, 3.8) is 0 Å². The minimum absolute atomic E-state index is 0.121. The Bertz CT molecular complexity index is 601. The maximum Gasteiger partial charge on any atom is 0.372 e. The van der Waals surface area contributed by atoms with E-state index in [1.807, 2.05) is 61.5 Å². The predicted molar refractivity (Wildman–Crippen MR) is 93.9 cm³/mol. The fraction of sp³-hybridized carbons (Fsp3) is 0.278. The molecule has 0 atom stereocenters. The summed E-state index contributed by atoms with van der Waals surface area (Å²) in [5.74, 6) is 0. The van der Waals surface area contributed by atoms with E-state index in [4.69, 9.17) is 9.84 Å². The van der Waals surface area contributed by atoms with E-state index in [-0.39, 0.29) is 18.5 Å². The molecule has 0 heterocycles. The first-order valence-corrected chi connectivity index (χ1v) is 8.39. The van der Waals surface area contributed by atoms with Crippen molar-refractivity contribution < 1.29 is 14.6 Å². The Morgan fingerprint density at radius 3 is 2.43 bits per heavy atom. The summed E-state index contributed by atoms with van der Waals surface area (Å²) in [5.41, 5.74) is 2.00. The molecule has 2 aromatic rings. The van der Waals surface area contributed by atoms with E-state index < -0.39 is 0 Å². The SMILES string of the molecule is CCN(CCO)c1ccc(SC(=O)OCc2ccccc2)cc1. The number of carbonyl (C=O) groups excluding carboxylic acids is 1. The van der Waals surface area contributed by atoms with Gasteiger partial charge in [-0.05, 0) is 48.5 Å². The lowest BCUT2D eigenvalue weighted by molar-refractivity contribution is 0.168. The normalized spacial score (nSPS) is 10.3. The maximum absolute atomic E-state index is 11.9. The summed E-state index contributed by atoms with van der Waals surface area (Å²) in [7, 11) is 0. The number of rotatable bonds is 7. The number of aliphatic hydroxyl groups excluding tert-OH is 1. The van der Waals surface area contributed by atoms with Crippen molar-refractivity contribution in [1.29, 1.82) is 0 Å².